The molecule has 2 unspecified atom stereocenters. The summed E-state index contributed by atoms with van der Waals surface area (Å²) < 4.78 is 26.0. The highest BCUT2D eigenvalue weighted by Crippen LogP contribution is 2.34. The molecule has 2 atom stereocenters. The fourth-order valence-electron chi connectivity index (χ4n) is 0.962. The van der Waals surface area contributed by atoms with Crippen molar-refractivity contribution in [1.82, 2.24) is 0 Å². The van der Waals surface area contributed by atoms with Gasteiger partial charge in [-0.25, -0.2) is 4.39 Å². The van der Waals surface area contributed by atoms with Crippen molar-refractivity contribution in [3.8, 4) is 0 Å². The number of hydrogen-bond acceptors (Lipinski definition) is 3. The highest BCUT2D eigenvalue weighted by atomic mass is 19.2. The van der Waals surface area contributed by atoms with E-state index < -0.39 is 22.5 Å². The third-order valence-corrected chi connectivity index (χ3v) is 1.69. The van der Waals surface area contributed by atoms with Crippen LogP contribution in [0, 0.1) is 16.0 Å². The standard InChI is InChI=1S/C7H4F2NO3/c8-6-3-1-2-5(4-11)7(6,9)10(12)13/h1-3,5H. The third-order valence-electron chi connectivity index (χ3n) is 1.69. The molecule has 0 aliphatic heterocycles. The molecule has 1 aliphatic carbocycles. The van der Waals surface area contributed by atoms with Crippen molar-refractivity contribution in [1.29, 1.82) is 0 Å². The van der Waals surface area contributed by atoms with Crippen LogP contribution in [0.5, 0.6) is 0 Å². The summed E-state index contributed by atoms with van der Waals surface area (Å²) in [5.41, 5.74) is 0. The molecule has 0 aromatic heterocycles. The van der Waals surface area contributed by atoms with Crippen LogP contribution in [0.15, 0.2) is 24.1 Å². The lowest BCUT2D eigenvalue weighted by Crippen LogP contribution is -2.43. The molecule has 0 saturated heterocycles. The Morgan fingerprint density at radius 1 is 1.69 bits per heavy atom. The Bertz CT molecular complexity index is 313. The summed E-state index contributed by atoms with van der Waals surface area (Å²) in [4.78, 5) is 18.8. The summed E-state index contributed by atoms with van der Waals surface area (Å²) >= 11 is 0. The zero-order valence-corrected chi connectivity index (χ0v) is 6.24. The van der Waals surface area contributed by atoms with Gasteiger partial charge in [0.1, 0.15) is 0 Å². The van der Waals surface area contributed by atoms with Gasteiger partial charge in [-0.1, -0.05) is 12.2 Å². The minimum absolute atomic E-state index is 0.608. The predicted molar refractivity (Wildman–Crippen MR) is 38.3 cm³/mol. The van der Waals surface area contributed by atoms with Crippen LogP contribution in [0.25, 0.3) is 0 Å². The van der Waals surface area contributed by atoms with Crippen LogP contribution < -0.4 is 0 Å². The SMILES string of the molecule is O=[C]C1C=CC=C(F)C1(F)[N+](=O)[O-]. The quantitative estimate of drug-likeness (QED) is 0.370. The molecular weight excluding hydrogens is 184 g/mol. The smallest absolute Gasteiger partial charge is 0.290 e. The van der Waals surface area contributed by atoms with Gasteiger partial charge < -0.3 is 0 Å². The highest BCUT2D eigenvalue weighted by molar-refractivity contribution is 5.61. The first-order valence-corrected chi connectivity index (χ1v) is 3.29. The number of carbonyl (C=O) groups excluding carboxylic acids is 1. The van der Waals surface area contributed by atoms with Crippen LogP contribution in [0.1, 0.15) is 0 Å². The Kier molecular flexibility index (Phi) is 2.22. The second-order valence-electron chi connectivity index (χ2n) is 2.43. The van der Waals surface area contributed by atoms with Gasteiger partial charge in [-0.2, -0.15) is 4.39 Å². The summed E-state index contributed by atoms with van der Waals surface area (Å²) in [6, 6.07) is 0. The molecule has 13 heavy (non-hydrogen) atoms. The van der Waals surface area contributed by atoms with Crippen molar-refractivity contribution in [3.05, 3.63) is 34.2 Å². The monoisotopic (exact) mass is 188 g/mol. The third kappa shape index (κ3) is 1.24. The number of alkyl halides is 1. The van der Waals surface area contributed by atoms with E-state index in [0.29, 0.717) is 6.08 Å². The van der Waals surface area contributed by atoms with E-state index in [1.807, 2.05) is 0 Å². The molecule has 4 nitrogen and oxygen atoms in total. The first-order chi connectivity index (χ1) is 6.03. The van der Waals surface area contributed by atoms with Gasteiger partial charge in [0, 0.05) is 0 Å². The number of rotatable bonds is 2. The van der Waals surface area contributed by atoms with E-state index in [-0.39, 0.29) is 0 Å². The van der Waals surface area contributed by atoms with E-state index >= 15 is 0 Å². The van der Waals surface area contributed by atoms with Gasteiger partial charge in [-0.15, -0.1) is 0 Å². The first-order valence-electron chi connectivity index (χ1n) is 3.29. The van der Waals surface area contributed by atoms with E-state index in [2.05, 4.69) is 0 Å². The van der Waals surface area contributed by atoms with Gasteiger partial charge >= 0.3 is 5.79 Å². The van der Waals surface area contributed by atoms with Crippen molar-refractivity contribution >= 4 is 6.29 Å². The fourth-order valence-corrected chi connectivity index (χ4v) is 0.962. The normalized spacial score (nSPS) is 32.5. The fraction of sp³-hybridized carbons (Fsp3) is 0.286. The summed E-state index contributed by atoms with van der Waals surface area (Å²) in [5.74, 6) is -6.91. The highest BCUT2D eigenvalue weighted by Gasteiger charge is 2.56. The van der Waals surface area contributed by atoms with Crippen molar-refractivity contribution in [2.24, 2.45) is 5.92 Å². The van der Waals surface area contributed by atoms with Gasteiger partial charge in [-0.05, 0) is 6.08 Å². The molecule has 6 heteroatoms. The second-order valence-corrected chi connectivity index (χ2v) is 2.43. The number of allylic oxidation sites excluding steroid dienone is 2. The summed E-state index contributed by atoms with van der Waals surface area (Å²) in [5, 5.41) is 10.2. The Morgan fingerprint density at radius 2 is 2.31 bits per heavy atom. The predicted octanol–water partition coefficient (Wildman–Crippen LogP) is 1.08. The molecule has 69 valence electrons. The van der Waals surface area contributed by atoms with Crippen LogP contribution in [-0.4, -0.2) is 17.0 Å². The van der Waals surface area contributed by atoms with Crippen LogP contribution in [0.3, 0.4) is 0 Å². The van der Waals surface area contributed by atoms with Crippen LogP contribution >= 0.6 is 0 Å². The van der Waals surface area contributed by atoms with E-state index in [9.17, 15) is 23.7 Å². The summed E-state index contributed by atoms with van der Waals surface area (Å²) in [6.45, 7) is 0. The number of nitrogens with zero attached hydrogens (tertiary/aromatic N) is 1. The molecule has 0 heterocycles. The Hall–Kier alpha value is -1.59. The molecule has 0 aromatic rings. The Labute approximate surface area is 71.7 Å². The van der Waals surface area contributed by atoms with E-state index in [4.69, 9.17) is 0 Å². The minimum atomic E-state index is -3.49. The lowest BCUT2D eigenvalue weighted by Gasteiger charge is -2.19. The van der Waals surface area contributed by atoms with Gasteiger partial charge in [0.05, 0.1) is 4.92 Å². The second kappa shape index (κ2) is 3.04. The van der Waals surface area contributed by atoms with Gasteiger partial charge in [0.25, 0.3) is 0 Å². The van der Waals surface area contributed by atoms with E-state index in [1.165, 1.54) is 0 Å². The van der Waals surface area contributed by atoms with Gasteiger partial charge in [0.15, 0.2) is 5.92 Å². The molecular formula is C7H4F2NO3. The average Bonchev–Trinajstić information content (AvgIpc) is 2.09. The van der Waals surface area contributed by atoms with Crippen molar-refractivity contribution < 1.29 is 18.5 Å². The Balaban J connectivity index is 3.17. The van der Waals surface area contributed by atoms with Crippen molar-refractivity contribution in [2.75, 3.05) is 0 Å². The average molecular weight is 188 g/mol. The molecule has 0 fully saturated rings. The molecule has 0 bridgehead atoms. The lowest BCUT2D eigenvalue weighted by molar-refractivity contribution is -0.601. The molecule has 0 saturated carbocycles. The van der Waals surface area contributed by atoms with E-state index in [0.717, 1.165) is 18.4 Å². The molecule has 0 aromatic carbocycles. The summed E-state index contributed by atoms with van der Waals surface area (Å²) in [7, 11) is 0. The molecule has 1 radical (unpaired) electrons. The number of halogens is 2. The zero-order valence-electron chi connectivity index (χ0n) is 6.24. The molecule has 1 rings (SSSR count). The molecule has 0 N–H and O–H groups in total. The largest absolute Gasteiger partial charge is 0.423 e. The van der Waals surface area contributed by atoms with Crippen LogP contribution in [-0.2, 0) is 4.79 Å². The molecule has 0 amide bonds. The van der Waals surface area contributed by atoms with Crippen molar-refractivity contribution in [3.63, 3.8) is 0 Å². The van der Waals surface area contributed by atoms with Crippen LogP contribution in [0.2, 0.25) is 0 Å². The van der Waals surface area contributed by atoms with E-state index in [1.54, 1.807) is 0 Å². The van der Waals surface area contributed by atoms with Gasteiger partial charge in [0.2, 0.25) is 12.1 Å². The van der Waals surface area contributed by atoms with Crippen LogP contribution in [0.4, 0.5) is 8.78 Å². The minimum Gasteiger partial charge on any atom is -0.290 e. The summed E-state index contributed by atoms with van der Waals surface area (Å²) in [6.07, 6.45) is 3.60. The van der Waals surface area contributed by atoms with Gasteiger partial charge in [-0.3, -0.25) is 14.9 Å². The lowest BCUT2D eigenvalue weighted by atomic mass is 9.93. The number of nitro groups is 1. The topological polar surface area (TPSA) is 60.2 Å². The maximum Gasteiger partial charge on any atom is 0.423 e. The molecule has 1 aliphatic rings. The van der Waals surface area contributed by atoms with Crippen molar-refractivity contribution in [2.45, 2.75) is 5.79 Å². The zero-order chi connectivity index (χ0) is 10.1. The maximum absolute atomic E-state index is 13.3. The Morgan fingerprint density at radius 3 is 2.69 bits per heavy atom. The maximum atomic E-state index is 13.3. The molecule has 0 spiro atoms. The number of hydrogen-bond donors (Lipinski definition) is 0. The first kappa shape index (κ1) is 9.50.